The smallest absolute Gasteiger partial charge is 0.166 e. The lowest BCUT2D eigenvalue weighted by atomic mass is 9.45. The van der Waals surface area contributed by atoms with Gasteiger partial charge in [0.15, 0.2) is 17.1 Å². The Balaban J connectivity index is 1.37. The van der Waals surface area contributed by atoms with Crippen molar-refractivity contribution in [3.05, 3.63) is 94.7 Å². The molecule has 3 heterocycles. The van der Waals surface area contributed by atoms with Crippen molar-refractivity contribution >= 4 is 10.9 Å². The highest BCUT2D eigenvalue weighted by atomic mass is 16.5. The molecule has 2 N–H and O–H groups in total. The molecule has 4 aliphatic rings. The number of H-pyrrole nitrogens is 1. The highest BCUT2D eigenvalue weighted by molar-refractivity contribution is 5.86. The Morgan fingerprint density at radius 3 is 2.74 bits per heavy atom. The van der Waals surface area contributed by atoms with Crippen molar-refractivity contribution in [2.24, 2.45) is 0 Å². The number of rotatable bonds is 5. The summed E-state index contributed by atoms with van der Waals surface area (Å²) in [5.74, 6) is 0.901. The number of hydrogen-bond donors (Lipinski definition) is 2. The molecular weight excluding hydrogens is 472 g/mol. The van der Waals surface area contributed by atoms with Crippen molar-refractivity contribution in [3.63, 3.8) is 0 Å². The van der Waals surface area contributed by atoms with Crippen LogP contribution in [0.1, 0.15) is 48.2 Å². The van der Waals surface area contributed by atoms with Crippen LogP contribution in [0, 0.1) is 0 Å². The minimum atomic E-state index is -0.672. The number of nitrogens with one attached hydrogen (secondary N) is 1. The molecule has 2 aliphatic heterocycles. The van der Waals surface area contributed by atoms with E-state index in [2.05, 4.69) is 84.4 Å². The molecule has 1 saturated heterocycles. The first kappa shape index (κ1) is 22.7. The first-order chi connectivity index (χ1) is 18.5. The Labute approximate surface area is 223 Å². The number of phenols is 1. The molecule has 5 nitrogen and oxygen atoms in total. The van der Waals surface area contributed by atoms with E-state index in [0.717, 1.165) is 50.0 Å². The first-order valence-electron chi connectivity index (χ1n) is 14.1. The van der Waals surface area contributed by atoms with E-state index in [4.69, 9.17) is 9.47 Å². The molecule has 0 amide bonds. The van der Waals surface area contributed by atoms with Gasteiger partial charge in [-0.3, -0.25) is 4.90 Å². The number of aromatic nitrogens is 1. The number of aromatic hydroxyl groups is 1. The molecule has 5 heteroatoms. The fourth-order valence-electron chi connectivity index (χ4n) is 8.92. The van der Waals surface area contributed by atoms with E-state index in [1.807, 2.05) is 6.07 Å². The molecule has 8 rings (SSSR count). The Kier molecular flexibility index (Phi) is 4.56. The predicted octanol–water partition coefficient (Wildman–Crippen LogP) is 5.62. The number of likely N-dealkylation sites (tertiary alicyclic amines) is 1. The molecule has 2 bridgehead atoms. The number of fused-ring (bicyclic) bond motifs is 4. The van der Waals surface area contributed by atoms with E-state index < -0.39 is 11.2 Å². The van der Waals surface area contributed by atoms with E-state index in [0.29, 0.717) is 12.4 Å². The van der Waals surface area contributed by atoms with Gasteiger partial charge in [0.25, 0.3) is 0 Å². The molecule has 0 unspecified atom stereocenters. The molecule has 3 aromatic carbocycles. The highest BCUT2D eigenvalue weighted by Gasteiger charge is 2.78. The van der Waals surface area contributed by atoms with Crippen molar-refractivity contribution in [1.29, 1.82) is 0 Å². The van der Waals surface area contributed by atoms with E-state index in [1.54, 1.807) is 0 Å². The summed E-state index contributed by atoms with van der Waals surface area (Å²) in [6.45, 7) is 7.00. The second-order valence-electron chi connectivity index (χ2n) is 11.8. The van der Waals surface area contributed by atoms with E-state index >= 15 is 0 Å². The molecule has 1 spiro atoms. The predicted molar refractivity (Wildman–Crippen MR) is 148 cm³/mol. The summed E-state index contributed by atoms with van der Waals surface area (Å²) < 4.78 is 14.1. The van der Waals surface area contributed by atoms with Gasteiger partial charge in [0.05, 0.1) is 11.1 Å². The molecule has 194 valence electrons. The Bertz CT molecular complexity index is 1580. The first-order valence-corrected chi connectivity index (χ1v) is 14.1. The van der Waals surface area contributed by atoms with Crippen LogP contribution in [0.5, 0.6) is 11.5 Å². The molecule has 4 atom stereocenters. The third-order valence-corrected chi connectivity index (χ3v) is 10.3. The summed E-state index contributed by atoms with van der Waals surface area (Å²) in [5.41, 5.74) is 5.93. The van der Waals surface area contributed by atoms with Gasteiger partial charge in [0, 0.05) is 42.1 Å². The lowest BCUT2D eigenvalue weighted by Gasteiger charge is -2.67. The average Bonchev–Trinajstić information content (AvgIpc) is 3.43. The second-order valence-corrected chi connectivity index (χ2v) is 11.8. The number of nitrogens with zero attached hydrogens (tertiary/aromatic N) is 1. The van der Waals surface area contributed by atoms with Gasteiger partial charge in [-0.1, -0.05) is 54.6 Å². The van der Waals surface area contributed by atoms with Gasteiger partial charge < -0.3 is 19.6 Å². The monoisotopic (exact) mass is 506 g/mol. The highest BCUT2D eigenvalue weighted by Crippen LogP contribution is 2.72. The quantitative estimate of drug-likeness (QED) is 0.369. The zero-order valence-electron chi connectivity index (χ0n) is 22.1. The topological polar surface area (TPSA) is 57.7 Å². The summed E-state index contributed by atoms with van der Waals surface area (Å²) >= 11 is 0. The summed E-state index contributed by atoms with van der Waals surface area (Å²) in [6, 6.07) is 23.6. The van der Waals surface area contributed by atoms with Crippen LogP contribution in [0.3, 0.4) is 0 Å². The van der Waals surface area contributed by atoms with Crippen LogP contribution in [0.4, 0.5) is 0 Å². The maximum atomic E-state index is 11.1. The largest absolute Gasteiger partial charge is 0.504 e. The number of ether oxygens (including phenoxy) is 2. The zero-order valence-corrected chi connectivity index (χ0v) is 22.1. The minimum Gasteiger partial charge on any atom is -0.504 e. The number of para-hydroxylation sites is 1. The third-order valence-electron chi connectivity index (χ3n) is 10.3. The minimum absolute atomic E-state index is 0.215. The third kappa shape index (κ3) is 2.55. The van der Waals surface area contributed by atoms with Crippen LogP contribution in [0.2, 0.25) is 0 Å². The van der Waals surface area contributed by atoms with E-state index in [9.17, 15) is 5.11 Å². The van der Waals surface area contributed by atoms with Crippen LogP contribution in [0.15, 0.2) is 66.7 Å². The normalized spacial score (nSPS) is 30.6. The van der Waals surface area contributed by atoms with Crippen molar-refractivity contribution < 1.29 is 14.6 Å². The van der Waals surface area contributed by atoms with Crippen LogP contribution < -0.4 is 4.74 Å². The van der Waals surface area contributed by atoms with Crippen molar-refractivity contribution in [1.82, 2.24) is 9.88 Å². The summed E-state index contributed by atoms with van der Waals surface area (Å²) in [5, 5.41) is 12.3. The van der Waals surface area contributed by atoms with Crippen molar-refractivity contribution in [2.75, 3.05) is 19.7 Å². The fourth-order valence-corrected chi connectivity index (χ4v) is 8.92. The lowest BCUT2D eigenvalue weighted by Crippen LogP contribution is -2.79. The van der Waals surface area contributed by atoms with Gasteiger partial charge in [-0.2, -0.15) is 0 Å². The van der Waals surface area contributed by atoms with Crippen molar-refractivity contribution in [2.45, 2.75) is 62.2 Å². The Morgan fingerprint density at radius 2 is 1.89 bits per heavy atom. The molecule has 4 aromatic rings. The maximum absolute atomic E-state index is 11.1. The average molecular weight is 507 g/mol. The summed E-state index contributed by atoms with van der Waals surface area (Å²) in [4.78, 5) is 6.48. The van der Waals surface area contributed by atoms with Gasteiger partial charge >= 0.3 is 0 Å². The van der Waals surface area contributed by atoms with Gasteiger partial charge in [-0.25, -0.2) is 0 Å². The Hall–Kier alpha value is -3.28. The zero-order chi connectivity index (χ0) is 25.7. The molecule has 1 fully saturated rings. The SMILES string of the molecule is CCO[C@@]12Cc3c([nH]c4ccccc34)[C@]3(C)Oc4c(O)ccc5c4[C@@]31CCN(CCc1ccccc1)[C@@H]2C5. The molecule has 2 aliphatic carbocycles. The summed E-state index contributed by atoms with van der Waals surface area (Å²) in [7, 11) is 0. The van der Waals surface area contributed by atoms with Crippen LogP contribution in [-0.4, -0.2) is 46.3 Å². The molecule has 38 heavy (non-hydrogen) atoms. The van der Waals surface area contributed by atoms with Crippen LogP contribution in [0.25, 0.3) is 10.9 Å². The van der Waals surface area contributed by atoms with Gasteiger partial charge in [-0.15, -0.1) is 0 Å². The lowest BCUT2D eigenvalue weighted by molar-refractivity contribution is -0.224. The number of benzene rings is 3. The molecule has 0 radical (unpaired) electrons. The van der Waals surface area contributed by atoms with Crippen LogP contribution in [-0.2, 0) is 35.0 Å². The van der Waals surface area contributed by atoms with Gasteiger partial charge in [0.2, 0.25) is 0 Å². The van der Waals surface area contributed by atoms with Gasteiger partial charge in [0.1, 0.15) is 5.60 Å². The van der Waals surface area contributed by atoms with E-state index in [-0.39, 0.29) is 17.2 Å². The Morgan fingerprint density at radius 1 is 1.08 bits per heavy atom. The van der Waals surface area contributed by atoms with E-state index in [1.165, 1.54) is 27.6 Å². The molecule has 0 saturated carbocycles. The maximum Gasteiger partial charge on any atom is 0.166 e. The number of piperidine rings is 1. The molecular formula is C33H34N2O3. The second kappa shape index (κ2) is 7.64. The fraction of sp³-hybridized carbons (Fsp3) is 0.394. The van der Waals surface area contributed by atoms with Crippen LogP contribution >= 0.6 is 0 Å². The number of hydrogen-bond acceptors (Lipinski definition) is 4. The standard InChI is InChI=1S/C33H34N2O3/c1-3-37-33-20-24-23-11-7-8-12-25(23)34-30(24)31(2)32(33)16-18-35(17-15-21-9-5-4-6-10-21)27(33)19-22-13-14-26(36)29(38-31)28(22)32/h4-14,27,34,36H,3,15-20H2,1-2H3/t27-,31+,32+,33-/m1/s1. The number of aromatic amines is 1. The van der Waals surface area contributed by atoms with Gasteiger partial charge in [-0.05, 0) is 68.5 Å². The number of phenolic OH excluding ortho intramolecular Hbond substituents is 1. The van der Waals surface area contributed by atoms with Crippen molar-refractivity contribution in [3.8, 4) is 11.5 Å². The molecule has 1 aromatic heterocycles. The summed E-state index contributed by atoms with van der Waals surface area (Å²) in [6.07, 6.45) is 3.68.